The average Bonchev–Trinajstić information content (AvgIpc) is 2.43. The molecule has 0 unspecified atom stereocenters. The van der Waals surface area contributed by atoms with Crippen LogP contribution in [0.15, 0.2) is 29.3 Å². The zero-order chi connectivity index (χ0) is 18.4. The number of nitrogens with zero attached hydrogens (tertiary/aromatic N) is 2. The lowest BCUT2D eigenvalue weighted by atomic mass is 10.1. The number of sulfonamides is 1. The Kier molecular flexibility index (Phi) is 10.3. The summed E-state index contributed by atoms with van der Waals surface area (Å²) in [6.45, 7) is 7.33. The lowest BCUT2D eigenvalue weighted by Gasteiger charge is -2.26. The molecule has 0 aliphatic heterocycles. The third-order valence-electron chi connectivity index (χ3n) is 3.12. The Labute approximate surface area is 173 Å². The van der Waals surface area contributed by atoms with Crippen molar-refractivity contribution in [2.24, 2.45) is 4.99 Å². The van der Waals surface area contributed by atoms with Crippen molar-refractivity contribution in [1.29, 1.82) is 0 Å². The first-order valence-corrected chi connectivity index (χ1v) is 10.0. The van der Waals surface area contributed by atoms with Gasteiger partial charge < -0.3 is 10.2 Å². The van der Waals surface area contributed by atoms with Crippen LogP contribution in [0.1, 0.15) is 26.3 Å². The highest BCUT2D eigenvalue weighted by molar-refractivity contribution is 14.0. The Morgan fingerprint density at radius 1 is 1.28 bits per heavy atom. The van der Waals surface area contributed by atoms with Crippen LogP contribution in [0.5, 0.6) is 0 Å². The highest BCUT2D eigenvalue weighted by Crippen LogP contribution is 2.11. The first-order valence-electron chi connectivity index (χ1n) is 7.75. The van der Waals surface area contributed by atoms with Crippen LogP contribution in [-0.4, -0.2) is 51.2 Å². The second kappa shape index (κ2) is 10.5. The van der Waals surface area contributed by atoms with E-state index in [1.165, 1.54) is 0 Å². The fourth-order valence-electron chi connectivity index (χ4n) is 2.21. The van der Waals surface area contributed by atoms with E-state index in [1.54, 1.807) is 13.8 Å². The molecule has 1 rings (SSSR count). The summed E-state index contributed by atoms with van der Waals surface area (Å²) in [5.41, 5.74) is 0.455. The summed E-state index contributed by atoms with van der Waals surface area (Å²) in [4.78, 5) is 6.55. The van der Waals surface area contributed by atoms with E-state index in [9.17, 15) is 8.42 Å². The van der Waals surface area contributed by atoms with Gasteiger partial charge in [0.25, 0.3) is 0 Å². The molecule has 0 heterocycles. The van der Waals surface area contributed by atoms with Gasteiger partial charge in [0.1, 0.15) is 0 Å². The SMILES string of the molecule is CCNC(=NCC(C)(C)NS(C)(=O)=O)N(C)Cc1ccc(Cl)cc1.I. The normalized spacial score (nSPS) is 12.5. The number of hydrogen-bond donors (Lipinski definition) is 2. The molecule has 0 aliphatic rings. The number of rotatable bonds is 7. The fraction of sp³-hybridized carbons (Fsp3) is 0.562. The minimum Gasteiger partial charge on any atom is -0.357 e. The highest BCUT2D eigenvalue weighted by Gasteiger charge is 2.22. The van der Waals surface area contributed by atoms with Crippen molar-refractivity contribution in [3.8, 4) is 0 Å². The van der Waals surface area contributed by atoms with Crippen LogP contribution < -0.4 is 10.0 Å². The maximum atomic E-state index is 11.4. The summed E-state index contributed by atoms with van der Waals surface area (Å²) in [6.07, 6.45) is 1.15. The summed E-state index contributed by atoms with van der Waals surface area (Å²) in [5.74, 6) is 0.718. The Bertz CT molecular complexity index is 663. The number of hydrogen-bond acceptors (Lipinski definition) is 3. The first-order chi connectivity index (χ1) is 11.0. The molecule has 0 radical (unpaired) electrons. The molecule has 0 fully saturated rings. The molecular weight excluding hydrogens is 475 g/mol. The quantitative estimate of drug-likeness (QED) is 0.342. The van der Waals surface area contributed by atoms with Crippen LogP contribution in [0.25, 0.3) is 0 Å². The highest BCUT2D eigenvalue weighted by atomic mass is 127. The lowest BCUT2D eigenvalue weighted by molar-refractivity contribution is 0.446. The summed E-state index contributed by atoms with van der Waals surface area (Å²) >= 11 is 5.91. The van der Waals surface area contributed by atoms with Gasteiger partial charge in [0, 0.05) is 30.7 Å². The van der Waals surface area contributed by atoms with E-state index in [-0.39, 0.29) is 24.0 Å². The molecule has 1 aromatic rings. The van der Waals surface area contributed by atoms with Gasteiger partial charge in [-0.15, -0.1) is 24.0 Å². The van der Waals surface area contributed by atoms with Crippen molar-refractivity contribution in [3.05, 3.63) is 34.9 Å². The van der Waals surface area contributed by atoms with Gasteiger partial charge >= 0.3 is 0 Å². The van der Waals surface area contributed by atoms with Gasteiger partial charge in [-0.1, -0.05) is 23.7 Å². The molecule has 144 valence electrons. The predicted octanol–water partition coefficient (Wildman–Crippen LogP) is 2.68. The molecule has 9 heteroatoms. The second-order valence-electron chi connectivity index (χ2n) is 6.41. The molecule has 0 saturated heterocycles. The van der Waals surface area contributed by atoms with Gasteiger partial charge in [0.2, 0.25) is 10.0 Å². The Balaban J connectivity index is 0.00000576. The van der Waals surface area contributed by atoms with Crippen LogP contribution in [-0.2, 0) is 16.6 Å². The van der Waals surface area contributed by atoms with E-state index in [1.807, 2.05) is 43.1 Å². The van der Waals surface area contributed by atoms with Crippen LogP contribution in [0.2, 0.25) is 5.02 Å². The monoisotopic (exact) mass is 502 g/mol. The van der Waals surface area contributed by atoms with E-state index in [2.05, 4.69) is 15.0 Å². The van der Waals surface area contributed by atoms with Crippen LogP contribution >= 0.6 is 35.6 Å². The lowest BCUT2D eigenvalue weighted by Crippen LogP contribution is -2.46. The van der Waals surface area contributed by atoms with E-state index < -0.39 is 15.6 Å². The molecule has 25 heavy (non-hydrogen) atoms. The van der Waals surface area contributed by atoms with Crippen LogP contribution in [0.3, 0.4) is 0 Å². The fourth-order valence-corrected chi connectivity index (χ4v) is 3.41. The summed E-state index contributed by atoms with van der Waals surface area (Å²) in [7, 11) is -1.34. The number of nitrogens with one attached hydrogen (secondary N) is 2. The molecule has 0 saturated carbocycles. The van der Waals surface area contributed by atoms with Crippen molar-refractivity contribution in [3.63, 3.8) is 0 Å². The molecule has 2 N–H and O–H groups in total. The molecule has 0 aliphatic carbocycles. The smallest absolute Gasteiger partial charge is 0.209 e. The number of benzene rings is 1. The summed E-state index contributed by atoms with van der Waals surface area (Å²) in [6, 6.07) is 7.65. The van der Waals surface area contributed by atoms with Gasteiger partial charge in [-0.25, -0.2) is 13.1 Å². The number of halogens is 2. The largest absolute Gasteiger partial charge is 0.357 e. The average molecular weight is 503 g/mol. The molecule has 0 atom stereocenters. The molecule has 0 spiro atoms. The van der Waals surface area contributed by atoms with E-state index in [0.717, 1.165) is 24.3 Å². The minimum atomic E-state index is -3.28. The third-order valence-corrected chi connectivity index (χ3v) is 4.29. The van der Waals surface area contributed by atoms with Gasteiger partial charge in [-0.3, -0.25) is 4.99 Å². The van der Waals surface area contributed by atoms with Crippen molar-refractivity contribution in [2.75, 3.05) is 26.4 Å². The number of aliphatic imine (C=N–C) groups is 1. The summed E-state index contributed by atoms with van der Waals surface area (Å²) < 4.78 is 25.4. The summed E-state index contributed by atoms with van der Waals surface area (Å²) in [5, 5.41) is 3.93. The molecule has 1 aromatic carbocycles. The Hall–Kier alpha value is -0.580. The Morgan fingerprint density at radius 3 is 2.32 bits per heavy atom. The van der Waals surface area contributed by atoms with Gasteiger partial charge in [0.15, 0.2) is 5.96 Å². The standard InChI is InChI=1S/C16H27ClN4O2S.HI/c1-6-18-15(19-12-16(2,3)20-24(5,22)23)21(4)11-13-7-9-14(17)10-8-13;/h7-10,20H,6,11-12H2,1-5H3,(H,18,19);1H. The zero-order valence-electron chi connectivity index (χ0n) is 15.3. The first kappa shape index (κ1) is 24.4. The van der Waals surface area contributed by atoms with Crippen LogP contribution in [0.4, 0.5) is 0 Å². The van der Waals surface area contributed by atoms with Crippen LogP contribution in [0, 0.1) is 0 Å². The minimum absolute atomic E-state index is 0. The number of guanidine groups is 1. The van der Waals surface area contributed by atoms with Crippen molar-refractivity contribution in [1.82, 2.24) is 14.9 Å². The molecule has 0 amide bonds. The second-order valence-corrected chi connectivity index (χ2v) is 8.60. The third kappa shape index (κ3) is 10.2. The van der Waals surface area contributed by atoms with Gasteiger partial charge in [-0.05, 0) is 38.5 Å². The maximum Gasteiger partial charge on any atom is 0.209 e. The van der Waals surface area contributed by atoms with Crippen molar-refractivity contribution in [2.45, 2.75) is 32.9 Å². The van der Waals surface area contributed by atoms with Crippen molar-refractivity contribution >= 4 is 51.6 Å². The Morgan fingerprint density at radius 2 is 1.84 bits per heavy atom. The molecular formula is C16H28ClIN4O2S. The maximum absolute atomic E-state index is 11.4. The molecule has 0 aromatic heterocycles. The van der Waals surface area contributed by atoms with E-state index >= 15 is 0 Å². The molecule has 0 bridgehead atoms. The van der Waals surface area contributed by atoms with Crippen molar-refractivity contribution < 1.29 is 8.42 Å². The topological polar surface area (TPSA) is 73.8 Å². The van der Waals surface area contributed by atoms with E-state index in [0.29, 0.717) is 18.1 Å². The van der Waals surface area contributed by atoms with Gasteiger partial charge in [0.05, 0.1) is 12.8 Å². The predicted molar refractivity (Wildman–Crippen MR) is 116 cm³/mol. The van der Waals surface area contributed by atoms with Gasteiger partial charge in [-0.2, -0.15) is 0 Å². The molecule has 6 nitrogen and oxygen atoms in total. The van der Waals surface area contributed by atoms with E-state index in [4.69, 9.17) is 11.6 Å². The zero-order valence-corrected chi connectivity index (χ0v) is 19.2.